The summed E-state index contributed by atoms with van der Waals surface area (Å²) in [5.41, 5.74) is 2.55. The van der Waals surface area contributed by atoms with E-state index in [9.17, 15) is 9.59 Å². The van der Waals surface area contributed by atoms with Crippen molar-refractivity contribution in [2.24, 2.45) is 0 Å². The summed E-state index contributed by atoms with van der Waals surface area (Å²) in [6.07, 6.45) is 0. The summed E-state index contributed by atoms with van der Waals surface area (Å²) in [7, 11) is 0. The molecule has 0 heterocycles. The maximum Gasteiger partial charge on any atom is 0.244 e. The standard InChI is InChI=1S/C15H21ClN2O2/c1-9(2)18(12(5)19)8-14(20)17-15-11(4)6-10(3)7-13(15)16/h6-7,9H,8H2,1-5H3,(H,17,20). The number of nitrogens with one attached hydrogen (secondary N) is 1. The Kier molecular flexibility index (Phi) is 5.57. The molecule has 4 nitrogen and oxygen atoms in total. The molecule has 0 atom stereocenters. The van der Waals surface area contributed by atoms with Crippen LogP contribution in [0, 0.1) is 13.8 Å². The van der Waals surface area contributed by atoms with E-state index in [2.05, 4.69) is 5.32 Å². The first-order valence-corrected chi connectivity index (χ1v) is 6.94. The average Bonchev–Trinajstić information content (AvgIpc) is 2.29. The Balaban J connectivity index is 2.84. The zero-order chi connectivity index (χ0) is 15.4. The van der Waals surface area contributed by atoms with Crippen LogP contribution < -0.4 is 5.32 Å². The van der Waals surface area contributed by atoms with Gasteiger partial charge in [0.1, 0.15) is 6.54 Å². The Bertz CT molecular complexity index is 504. The first-order valence-electron chi connectivity index (χ1n) is 6.56. The average molecular weight is 297 g/mol. The lowest BCUT2D eigenvalue weighted by atomic mass is 10.1. The summed E-state index contributed by atoms with van der Waals surface area (Å²) in [6.45, 7) is 9.06. The zero-order valence-corrected chi connectivity index (χ0v) is 13.3. The van der Waals surface area contributed by atoms with Gasteiger partial charge in [-0.05, 0) is 44.9 Å². The highest BCUT2D eigenvalue weighted by molar-refractivity contribution is 6.34. The van der Waals surface area contributed by atoms with E-state index >= 15 is 0 Å². The Morgan fingerprint density at radius 1 is 1.30 bits per heavy atom. The smallest absolute Gasteiger partial charge is 0.244 e. The van der Waals surface area contributed by atoms with E-state index in [1.807, 2.05) is 33.8 Å². The topological polar surface area (TPSA) is 49.4 Å². The van der Waals surface area contributed by atoms with Gasteiger partial charge in [0.15, 0.2) is 0 Å². The molecule has 0 aliphatic rings. The molecule has 1 N–H and O–H groups in total. The van der Waals surface area contributed by atoms with Crippen molar-refractivity contribution in [1.29, 1.82) is 0 Å². The van der Waals surface area contributed by atoms with Gasteiger partial charge >= 0.3 is 0 Å². The molecule has 1 rings (SSSR count). The largest absolute Gasteiger partial charge is 0.331 e. The van der Waals surface area contributed by atoms with E-state index in [0.717, 1.165) is 11.1 Å². The Morgan fingerprint density at radius 2 is 1.90 bits per heavy atom. The number of rotatable bonds is 4. The fourth-order valence-corrected chi connectivity index (χ4v) is 2.43. The summed E-state index contributed by atoms with van der Waals surface area (Å²) in [5.74, 6) is -0.371. The van der Waals surface area contributed by atoms with Gasteiger partial charge in [0.25, 0.3) is 0 Å². The number of carbonyl (C=O) groups is 2. The SMILES string of the molecule is CC(=O)N(CC(=O)Nc1c(C)cc(C)cc1Cl)C(C)C. The van der Waals surface area contributed by atoms with E-state index < -0.39 is 0 Å². The van der Waals surface area contributed by atoms with Crippen LogP contribution in [0.25, 0.3) is 0 Å². The lowest BCUT2D eigenvalue weighted by molar-refractivity contribution is -0.134. The molecule has 0 bridgehead atoms. The van der Waals surface area contributed by atoms with E-state index in [-0.39, 0.29) is 24.4 Å². The third-order valence-electron chi connectivity index (χ3n) is 3.04. The number of benzene rings is 1. The van der Waals surface area contributed by atoms with Gasteiger partial charge in [0.2, 0.25) is 11.8 Å². The van der Waals surface area contributed by atoms with Gasteiger partial charge in [-0.25, -0.2) is 0 Å². The molecule has 5 heteroatoms. The van der Waals surface area contributed by atoms with Crippen LogP contribution in [-0.2, 0) is 9.59 Å². The Morgan fingerprint density at radius 3 is 2.35 bits per heavy atom. The minimum Gasteiger partial charge on any atom is -0.331 e. The van der Waals surface area contributed by atoms with Gasteiger partial charge in [0, 0.05) is 13.0 Å². The molecule has 0 spiro atoms. The van der Waals surface area contributed by atoms with Crippen LogP contribution in [0.15, 0.2) is 12.1 Å². The molecule has 0 aromatic heterocycles. The molecule has 0 fully saturated rings. The maximum absolute atomic E-state index is 12.1. The predicted molar refractivity (Wildman–Crippen MR) is 82.1 cm³/mol. The number of nitrogens with zero attached hydrogens (tertiary/aromatic N) is 1. The van der Waals surface area contributed by atoms with Gasteiger partial charge in [0.05, 0.1) is 10.7 Å². The van der Waals surface area contributed by atoms with Crippen LogP contribution in [0.1, 0.15) is 31.9 Å². The molecule has 0 saturated heterocycles. The first kappa shape index (κ1) is 16.5. The van der Waals surface area contributed by atoms with Gasteiger partial charge in [-0.15, -0.1) is 0 Å². The fourth-order valence-electron chi connectivity index (χ4n) is 2.07. The molecule has 110 valence electrons. The highest BCUT2D eigenvalue weighted by atomic mass is 35.5. The Hall–Kier alpha value is -1.55. The number of amides is 2. The van der Waals surface area contributed by atoms with E-state index in [1.54, 1.807) is 6.07 Å². The Labute approximate surface area is 125 Å². The molecule has 1 aromatic rings. The molecule has 0 aliphatic heterocycles. The maximum atomic E-state index is 12.1. The van der Waals surface area contributed by atoms with Crippen LogP contribution in [-0.4, -0.2) is 29.3 Å². The quantitative estimate of drug-likeness (QED) is 0.928. The highest BCUT2D eigenvalue weighted by Crippen LogP contribution is 2.27. The molecule has 0 saturated carbocycles. The van der Waals surface area contributed by atoms with Crippen LogP contribution in [0.2, 0.25) is 5.02 Å². The van der Waals surface area contributed by atoms with Crippen LogP contribution in [0.5, 0.6) is 0 Å². The third-order valence-corrected chi connectivity index (χ3v) is 3.34. The lowest BCUT2D eigenvalue weighted by Crippen LogP contribution is -2.41. The second-order valence-electron chi connectivity index (χ2n) is 5.23. The fraction of sp³-hybridized carbons (Fsp3) is 0.467. The number of hydrogen-bond donors (Lipinski definition) is 1. The third kappa shape index (κ3) is 4.23. The van der Waals surface area contributed by atoms with E-state index in [1.165, 1.54) is 11.8 Å². The molecular weight excluding hydrogens is 276 g/mol. The van der Waals surface area contributed by atoms with Gasteiger partial charge < -0.3 is 10.2 Å². The van der Waals surface area contributed by atoms with Crippen molar-refractivity contribution in [1.82, 2.24) is 4.90 Å². The van der Waals surface area contributed by atoms with Crippen molar-refractivity contribution in [2.75, 3.05) is 11.9 Å². The molecule has 2 amide bonds. The summed E-state index contributed by atoms with van der Waals surface area (Å²) >= 11 is 6.15. The van der Waals surface area contributed by atoms with Crippen molar-refractivity contribution in [2.45, 2.75) is 40.7 Å². The molecular formula is C15H21ClN2O2. The van der Waals surface area contributed by atoms with Crippen LogP contribution in [0.3, 0.4) is 0 Å². The molecule has 0 unspecified atom stereocenters. The minimum absolute atomic E-state index is 0.0205. The van der Waals surface area contributed by atoms with Crippen molar-refractivity contribution in [3.8, 4) is 0 Å². The second-order valence-corrected chi connectivity index (χ2v) is 5.63. The van der Waals surface area contributed by atoms with Crippen molar-refractivity contribution < 1.29 is 9.59 Å². The molecule has 0 aliphatic carbocycles. The second kappa shape index (κ2) is 6.75. The molecule has 1 aromatic carbocycles. The first-order chi connectivity index (χ1) is 9.22. The van der Waals surface area contributed by atoms with E-state index in [4.69, 9.17) is 11.6 Å². The van der Waals surface area contributed by atoms with Crippen molar-refractivity contribution in [3.05, 3.63) is 28.3 Å². The zero-order valence-electron chi connectivity index (χ0n) is 12.6. The number of carbonyl (C=O) groups excluding carboxylic acids is 2. The van der Waals surface area contributed by atoms with Gasteiger partial charge in [-0.2, -0.15) is 0 Å². The minimum atomic E-state index is -0.247. The number of halogens is 1. The molecule has 20 heavy (non-hydrogen) atoms. The van der Waals surface area contributed by atoms with Crippen LogP contribution in [0.4, 0.5) is 5.69 Å². The summed E-state index contributed by atoms with van der Waals surface area (Å²) < 4.78 is 0. The predicted octanol–water partition coefficient (Wildman–Crippen LogP) is 3.15. The van der Waals surface area contributed by atoms with Gasteiger partial charge in [-0.1, -0.05) is 17.7 Å². The van der Waals surface area contributed by atoms with Crippen molar-refractivity contribution in [3.63, 3.8) is 0 Å². The number of hydrogen-bond acceptors (Lipinski definition) is 2. The highest BCUT2D eigenvalue weighted by Gasteiger charge is 2.18. The van der Waals surface area contributed by atoms with Crippen LogP contribution >= 0.6 is 11.6 Å². The summed E-state index contributed by atoms with van der Waals surface area (Å²) in [6, 6.07) is 3.73. The summed E-state index contributed by atoms with van der Waals surface area (Å²) in [4.78, 5) is 25.0. The van der Waals surface area contributed by atoms with E-state index in [0.29, 0.717) is 10.7 Å². The summed E-state index contributed by atoms with van der Waals surface area (Å²) in [5, 5.41) is 3.29. The molecule has 0 radical (unpaired) electrons. The number of anilines is 1. The normalized spacial score (nSPS) is 10.6. The number of aryl methyl sites for hydroxylation is 2. The monoisotopic (exact) mass is 296 g/mol. The van der Waals surface area contributed by atoms with Crippen molar-refractivity contribution >= 4 is 29.1 Å². The lowest BCUT2D eigenvalue weighted by Gasteiger charge is -2.25. The van der Waals surface area contributed by atoms with Gasteiger partial charge in [-0.3, -0.25) is 9.59 Å².